The van der Waals surface area contributed by atoms with E-state index in [1.54, 1.807) is 12.1 Å². The van der Waals surface area contributed by atoms with E-state index >= 15 is 0 Å². The van der Waals surface area contributed by atoms with Crippen LogP contribution in [-0.2, 0) is 11.2 Å². The first kappa shape index (κ1) is 16.5. The molecule has 1 aliphatic rings. The van der Waals surface area contributed by atoms with Crippen molar-refractivity contribution in [3.05, 3.63) is 53.4 Å². The highest BCUT2D eigenvalue weighted by molar-refractivity contribution is 5.95. The molecule has 24 heavy (non-hydrogen) atoms. The number of rotatable bonds is 6. The fraction of sp³-hybridized carbons (Fsp3) is 0.389. The van der Waals surface area contributed by atoms with Gasteiger partial charge in [-0.3, -0.25) is 9.78 Å². The van der Waals surface area contributed by atoms with Gasteiger partial charge in [-0.25, -0.2) is 9.37 Å². The number of Topliss-reactive ketones (excluding diaryl/α,β-unsaturated/α-hetero) is 1. The van der Waals surface area contributed by atoms with Gasteiger partial charge in [-0.1, -0.05) is 0 Å². The monoisotopic (exact) mass is 330 g/mol. The third-order valence-corrected chi connectivity index (χ3v) is 3.80. The van der Waals surface area contributed by atoms with Gasteiger partial charge in [0.05, 0.1) is 18.7 Å². The molecule has 2 aromatic rings. The van der Waals surface area contributed by atoms with Crippen LogP contribution in [0, 0.1) is 12.7 Å². The number of hydrogen-bond acceptors (Lipinski definition) is 5. The lowest BCUT2D eigenvalue weighted by atomic mass is 10.1. The summed E-state index contributed by atoms with van der Waals surface area (Å²) in [7, 11) is 0. The molecular formula is C18H19FN2O3. The Labute approximate surface area is 139 Å². The van der Waals surface area contributed by atoms with Crippen LogP contribution in [-0.4, -0.2) is 35.1 Å². The highest BCUT2D eigenvalue weighted by atomic mass is 19.1. The van der Waals surface area contributed by atoms with Gasteiger partial charge in [0.2, 0.25) is 0 Å². The van der Waals surface area contributed by atoms with Crippen LogP contribution in [0.3, 0.4) is 0 Å². The van der Waals surface area contributed by atoms with Gasteiger partial charge in [0.15, 0.2) is 5.78 Å². The zero-order valence-electron chi connectivity index (χ0n) is 13.5. The molecule has 1 saturated heterocycles. The van der Waals surface area contributed by atoms with Crippen molar-refractivity contribution >= 4 is 5.78 Å². The van der Waals surface area contributed by atoms with Crippen LogP contribution >= 0.6 is 0 Å². The molecule has 0 aliphatic carbocycles. The zero-order valence-corrected chi connectivity index (χ0v) is 13.5. The molecule has 126 valence electrons. The quantitative estimate of drug-likeness (QED) is 0.762. The van der Waals surface area contributed by atoms with Crippen LogP contribution in [0.25, 0.3) is 0 Å². The summed E-state index contributed by atoms with van der Waals surface area (Å²) >= 11 is 0. The maximum atomic E-state index is 12.9. The standard InChI is InChI=1S/C18H19FN2O3/c1-12-7-16(24-11-15-3-2-6-23-15)9-17(21-12)18(22)8-14-5-4-13(19)10-20-14/h4-5,7,9-10,15H,2-3,6,8,11H2,1H3. The van der Waals surface area contributed by atoms with Gasteiger partial charge in [0.25, 0.3) is 0 Å². The topological polar surface area (TPSA) is 61.3 Å². The molecular weight excluding hydrogens is 311 g/mol. The number of carbonyl (C=O) groups is 1. The Bertz CT molecular complexity index is 713. The Kier molecular flexibility index (Phi) is 5.15. The Morgan fingerprint density at radius 2 is 2.29 bits per heavy atom. The smallest absolute Gasteiger partial charge is 0.187 e. The highest BCUT2D eigenvalue weighted by Gasteiger charge is 2.17. The molecule has 3 heterocycles. The number of aromatic nitrogens is 2. The number of halogens is 1. The van der Waals surface area contributed by atoms with E-state index in [4.69, 9.17) is 9.47 Å². The van der Waals surface area contributed by atoms with Gasteiger partial charge in [0.1, 0.15) is 23.9 Å². The number of nitrogens with zero attached hydrogens (tertiary/aromatic N) is 2. The lowest BCUT2D eigenvalue weighted by Gasteiger charge is -2.12. The average Bonchev–Trinajstić information content (AvgIpc) is 3.08. The van der Waals surface area contributed by atoms with Crippen LogP contribution in [0.2, 0.25) is 0 Å². The Morgan fingerprint density at radius 3 is 3.00 bits per heavy atom. The zero-order chi connectivity index (χ0) is 16.9. The average molecular weight is 330 g/mol. The normalized spacial score (nSPS) is 17.0. The van der Waals surface area contributed by atoms with Crippen molar-refractivity contribution in [3.8, 4) is 5.75 Å². The summed E-state index contributed by atoms with van der Waals surface area (Å²) in [6.45, 7) is 3.06. The van der Waals surface area contributed by atoms with Gasteiger partial charge >= 0.3 is 0 Å². The summed E-state index contributed by atoms with van der Waals surface area (Å²) in [4.78, 5) is 20.6. The molecule has 6 heteroatoms. The molecule has 0 saturated carbocycles. The van der Waals surface area contributed by atoms with Crippen LogP contribution in [0.15, 0.2) is 30.5 Å². The number of aryl methyl sites for hydroxylation is 1. The third kappa shape index (κ3) is 4.35. The second kappa shape index (κ2) is 7.49. The third-order valence-electron chi connectivity index (χ3n) is 3.80. The summed E-state index contributed by atoms with van der Waals surface area (Å²) in [5.74, 6) is -0.00196. The van der Waals surface area contributed by atoms with E-state index in [1.165, 1.54) is 12.1 Å². The van der Waals surface area contributed by atoms with Gasteiger partial charge in [-0.2, -0.15) is 0 Å². The first-order chi connectivity index (χ1) is 11.6. The number of ether oxygens (including phenoxy) is 2. The van der Waals surface area contributed by atoms with Crippen LogP contribution in [0.1, 0.15) is 34.7 Å². The lowest BCUT2D eigenvalue weighted by molar-refractivity contribution is 0.0678. The second-order valence-corrected chi connectivity index (χ2v) is 5.84. The molecule has 2 aromatic heterocycles. The highest BCUT2D eigenvalue weighted by Crippen LogP contribution is 2.18. The predicted octanol–water partition coefficient (Wildman–Crippen LogP) is 2.91. The van der Waals surface area contributed by atoms with Crippen molar-refractivity contribution in [3.63, 3.8) is 0 Å². The minimum atomic E-state index is -0.426. The van der Waals surface area contributed by atoms with E-state index in [2.05, 4.69) is 9.97 Å². The lowest BCUT2D eigenvalue weighted by Crippen LogP contribution is -2.17. The first-order valence-corrected chi connectivity index (χ1v) is 7.97. The molecule has 1 atom stereocenters. The van der Waals surface area contributed by atoms with Gasteiger partial charge in [0, 0.05) is 30.1 Å². The molecule has 1 aliphatic heterocycles. The number of carbonyl (C=O) groups excluding carboxylic acids is 1. The Morgan fingerprint density at radius 1 is 1.42 bits per heavy atom. The van der Waals surface area contributed by atoms with Crippen molar-refractivity contribution in [1.82, 2.24) is 9.97 Å². The molecule has 0 N–H and O–H groups in total. The van der Waals surface area contributed by atoms with Crippen LogP contribution < -0.4 is 4.74 Å². The van der Waals surface area contributed by atoms with Gasteiger partial charge < -0.3 is 9.47 Å². The minimum absolute atomic E-state index is 0.0713. The Balaban J connectivity index is 1.67. The maximum Gasteiger partial charge on any atom is 0.187 e. The van der Waals surface area contributed by atoms with E-state index in [1.807, 2.05) is 6.92 Å². The summed E-state index contributed by atoms with van der Waals surface area (Å²) in [5.41, 5.74) is 1.53. The van der Waals surface area contributed by atoms with Crippen molar-refractivity contribution < 1.29 is 18.7 Å². The minimum Gasteiger partial charge on any atom is -0.491 e. The molecule has 1 fully saturated rings. The number of hydrogen-bond donors (Lipinski definition) is 0. The van der Waals surface area contributed by atoms with E-state index in [-0.39, 0.29) is 18.3 Å². The maximum absolute atomic E-state index is 12.9. The van der Waals surface area contributed by atoms with E-state index in [9.17, 15) is 9.18 Å². The van der Waals surface area contributed by atoms with Crippen molar-refractivity contribution in [1.29, 1.82) is 0 Å². The molecule has 0 bridgehead atoms. The largest absolute Gasteiger partial charge is 0.491 e. The molecule has 5 nitrogen and oxygen atoms in total. The predicted molar refractivity (Wildman–Crippen MR) is 85.7 cm³/mol. The molecule has 1 unspecified atom stereocenters. The summed E-state index contributed by atoms with van der Waals surface area (Å²) in [6, 6.07) is 6.21. The van der Waals surface area contributed by atoms with Gasteiger partial charge in [-0.05, 0) is 31.9 Å². The van der Waals surface area contributed by atoms with Crippen LogP contribution in [0.4, 0.5) is 4.39 Å². The fourth-order valence-electron chi connectivity index (χ4n) is 2.59. The number of pyridine rings is 2. The van der Waals surface area contributed by atoms with E-state index < -0.39 is 5.82 Å². The van der Waals surface area contributed by atoms with Crippen molar-refractivity contribution in [2.75, 3.05) is 13.2 Å². The molecule has 0 amide bonds. The van der Waals surface area contributed by atoms with E-state index in [0.717, 1.165) is 25.6 Å². The Hall–Kier alpha value is -2.34. The summed E-state index contributed by atoms with van der Waals surface area (Å²) < 4.78 is 24.1. The molecule has 3 rings (SSSR count). The molecule has 0 spiro atoms. The van der Waals surface area contributed by atoms with Gasteiger partial charge in [-0.15, -0.1) is 0 Å². The van der Waals surface area contributed by atoms with E-state index in [0.29, 0.717) is 29.4 Å². The summed E-state index contributed by atoms with van der Waals surface area (Å²) in [6.07, 6.45) is 3.33. The summed E-state index contributed by atoms with van der Waals surface area (Å²) in [5, 5.41) is 0. The first-order valence-electron chi connectivity index (χ1n) is 7.97. The second-order valence-electron chi connectivity index (χ2n) is 5.84. The number of ketones is 1. The fourth-order valence-corrected chi connectivity index (χ4v) is 2.59. The molecule has 0 aromatic carbocycles. The van der Waals surface area contributed by atoms with Crippen LogP contribution in [0.5, 0.6) is 5.75 Å². The molecule has 0 radical (unpaired) electrons. The van der Waals surface area contributed by atoms with Crippen molar-refractivity contribution in [2.24, 2.45) is 0 Å². The van der Waals surface area contributed by atoms with Crippen molar-refractivity contribution in [2.45, 2.75) is 32.3 Å². The SMILES string of the molecule is Cc1cc(OCC2CCCO2)cc(C(=O)Cc2ccc(F)cn2)n1.